The van der Waals surface area contributed by atoms with Crippen LogP contribution in [0.5, 0.6) is 0 Å². The van der Waals surface area contributed by atoms with E-state index in [1.807, 2.05) is 13.8 Å². The Balaban J connectivity index is 2.07. The number of nitrogens with zero attached hydrogens (tertiary/aromatic N) is 2. The molecule has 11 heteroatoms. The number of carbonyl (C=O) groups excluding carboxylic acids is 2. The molecule has 0 aliphatic heterocycles. The molecule has 0 bridgehead atoms. The summed E-state index contributed by atoms with van der Waals surface area (Å²) in [5, 5.41) is 3.97. The van der Waals surface area contributed by atoms with Crippen molar-refractivity contribution in [2.75, 3.05) is 10.8 Å². The Hall–Kier alpha value is -2.78. The molecule has 2 amide bonds. The fourth-order valence-electron chi connectivity index (χ4n) is 4.07. The lowest BCUT2D eigenvalue weighted by atomic mass is 10.1. The van der Waals surface area contributed by atoms with Gasteiger partial charge >= 0.3 is 0 Å². The molecular weight excluding hydrogens is 593 g/mol. The fourth-order valence-corrected chi connectivity index (χ4v) is 6.13. The predicted molar refractivity (Wildman–Crippen MR) is 161 cm³/mol. The van der Waals surface area contributed by atoms with Crippen molar-refractivity contribution in [3.8, 4) is 0 Å². The van der Waals surface area contributed by atoms with E-state index in [0.717, 1.165) is 4.31 Å². The number of hydrogen-bond donors (Lipinski definition) is 1. The number of para-hydroxylation sites is 1. The average molecular weight is 625 g/mol. The van der Waals surface area contributed by atoms with E-state index in [1.165, 1.54) is 29.2 Å². The van der Waals surface area contributed by atoms with Crippen molar-refractivity contribution in [2.24, 2.45) is 0 Å². The highest BCUT2D eigenvalue weighted by molar-refractivity contribution is 7.92. The first-order valence-corrected chi connectivity index (χ1v) is 15.4. The van der Waals surface area contributed by atoms with Crippen molar-refractivity contribution in [1.82, 2.24) is 10.2 Å². The van der Waals surface area contributed by atoms with Crippen LogP contribution in [0.4, 0.5) is 5.69 Å². The maximum atomic E-state index is 14.1. The Labute approximate surface area is 251 Å². The molecule has 0 fully saturated rings. The lowest BCUT2D eigenvalue weighted by Gasteiger charge is -2.34. The highest BCUT2D eigenvalue weighted by Gasteiger charge is 2.34. The molecule has 0 aliphatic carbocycles. The molecule has 1 N–H and O–H groups in total. The maximum Gasteiger partial charge on any atom is 0.264 e. The van der Waals surface area contributed by atoms with E-state index in [9.17, 15) is 18.0 Å². The zero-order valence-electron chi connectivity index (χ0n) is 22.5. The van der Waals surface area contributed by atoms with Crippen LogP contribution in [0.2, 0.25) is 15.1 Å². The number of anilines is 1. The molecule has 2 atom stereocenters. The molecule has 0 saturated carbocycles. The third kappa shape index (κ3) is 7.69. The molecule has 3 aromatic carbocycles. The molecule has 0 aromatic heterocycles. The molecular formula is C29H32Cl3N3O4S. The van der Waals surface area contributed by atoms with Gasteiger partial charge in [-0.3, -0.25) is 13.9 Å². The van der Waals surface area contributed by atoms with Crippen LogP contribution in [0.15, 0.2) is 77.7 Å². The van der Waals surface area contributed by atoms with Gasteiger partial charge in [-0.05, 0) is 68.3 Å². The second-order valence-electron chi connectivity index (χ2n) is 9.26. The van der Waals surface area contributed by atoms with Crippen LogP contribution in [0.25, 0.3) is 0 Å². The molecule has 0 heterocycles. The number of amides is 2. The van der Waals surface area contributed by atoms with Crippen LogP contribution in [0.1, 0.15) is 39.2 Å². The van der Waals surface area contributed by atoms with Gasteiger partial charge in [0.1, 0.15) is 12.6 Å². The van der Waals surface area contributed by atoms with Crippen molar-refractivity contribution in [1.29, 1.82) is 0 Å². The lowest BCUT2D eigenvalue weighted by Crippen LogP contribution is -2.53. The summed E-state index contributed by atoms with van der Waals surface area (Å²) >= 11 is 18.9. The van der Waals surface area contributed by atoms with Crippen molar-refractivity contribution in [3.63, 3.8) is 0 Å². The van der Waals surface area contributed by atoms with Gasteiger partial charge in [-0.2, -0.15) is 0 Å². The molecule has 214 valence electrons. The second-order valence-corrected chi connectivity index (χ2v) is 12.4. The standard InChI is InChI=1S/C29H32Cl3N3O4S/c1-4-20(3)33-29(37)27(5-2)34(18-24-25(31)12-9-13-26(24)32)28(36)19-35(22-10-7-6-8-11-22)40(38,39)23-16-14-21(30)15-17-23/h6-17,20,27H,4-5,18-19H2,1-3H3,(H,33,37). The van der Waals surface area contributed by atoms with Gasteiger partial charge in [-0.25, -0.2) is 8.42 Å². The molecule has 3 rings (SSSR count). The second kappa shape index (κ2) is 14.2. The Kier molecular flexibility index (Phi) is 11.3. The minimum Gasteiger partial charge on any atom is -0.352 e. The zero-order valence-corrected chi connectivity index (χ0v) is 25.6. The van der Waals surface area contributed by atoms with Crippen LogP contribution in [-0.4, -0.2) is 43.8 Å². The van der Waals surface area contributed by atoms with Gasteiger partial charge in [0, 0.05) is 33.2 Å². The fraction of sp³-hybridized carbons (Fsp3) is 0.310. The monoisotopic (exact) mass is 623 g/mol. The summed E-state index contributed by atoms with van der Waals surface area (Å²) in [7, 11) is -4.19. The minimum absolute atomic E-state index is 0.0317. The Bertz CT molecular complexity index is 1400. The molecule has 0 spiro atoms. The van der Waals surface area contributed by atoms with Crippen LogP contribution in [0.3, 0.4) is 0 Å². The van der Waals surface area contributed by atoms with Gasteiger partial charge in [-0.1, -0.05) is 72.9 Å². The molecule has 0 aliphatic rings. The summed E-state index contributed by atoms with van der Waals surface area (Å²) in [6.07, 6.45) is 0.985. The number of halogens is 3. The van der Waals surface area contributed by atoms with Crippen molar-refractivity contribution in [3.05, 3.63) is 93.4 Å². The first-order valence-electron chi connectivity index (χ1n) is 12.9. The van der Waals surface area contributed by atoms with Gasteiger partial charge in [0.05, 0.1) is 10.6 Å². The van der Waals surface area contributed by atoms with E-state index < -0.39 is 28.5 Å². The van der Waals surface area contributed by atoms with E-state index in [4.69, 9.17) is 34.8 Å². The van der Waals surface area contributed by atoms with Crippen LogP contribution in [-0.2, 0) is 26.2 Å². The SMILES string of the molecule is CCC(C)NC(=O)C(CC)N(Cc1c(Cl)cccc1Cl)C(=O)CN(c1ccccc1)S(=O)(=O)c1ccc(Cl)cc1. The van der Waals surface area contributed by atoms with Gasteiger partial charge < -0.3 is 10.2 Å². The summed E-state index contributed by atoms with van der Waals surface area (Å²) < 4.78 is 28.7. The largest absolute Gasteiger partial charge is 0.352 e. The normalized spacial score (nSPS) is 12.8. The number of sulfonamides is 1. The molecule has 40 heavy (non-hydrogen) atoms. The first-order chi connectivity index (χ1) is 19.0. The smallest absolute Gasteiger partial charge is 0.264 e. The predicted octanol–water partition coefficient (Wildman–Crippen LogP) is 6.56. The highest BCUT2D eigenvalue weighted by atomic mass is 35.5. The third-order valence-corrected chi connectivity index (χ3v) is 9.25. The van der Waals surface area contributed by atoms with E-state index in [-0.39, 0.29) is 29.8 Å². The summed E-state index contributed by atoms with van der Waals surface area (Å²) in [5.41, 5.74) is 0.749. The van der Waals surface area contributed by atoms with Gasteiger partial charge in [0.15, 0.2) is 0 Å². The van der Waals surface area contributed by atoms with Crippen molar-refractivity contribution < 1.29 is 18.0 Å². The van der Waals surface area contributed by atoms with E-state index >= 15 is 0 Å². The quantitative estimate of drug-likeness (QED) is 0.247. The van der Waals surface area contributed by atoms with E-state index in [0.29, 0.717) is 32.7 Å². The van der Waals surface area contributed by atoms with Crippen molar-refractivity contribution in [2.45, 2.75) is 57.1 Å². The molecule has 7 nitrogen and oxygen atoms in total. The number of nitrogens with one attached hydrogen (secondary N) is 1. The summed E-state index contributed by atoms with van der Waals surface area (Å²) in [6, 6.07) is 18.0. The van der Waals surface area contributed by atoms with Crippen LogP contribution in [0, 0.1) is 0 Å². The Morgan fingerprint density at radius 1 is 0.850 bits per heavy atom. The maximum absolute atomic E-state index is 14.1. The topological polar surface area (TPSA) is 86.8 Å². The summed E-state index contributed by atoms with van der Waals surface area (Å²) in [4.78, 5) is 28.7. The highest BCUT2D eigenvalue weighted by Crippen LogP contribution is 2.29. The number of hydrogen-bond acceptors (Lipinski definition) is 4. The molecule has 3 aromatic rings. The summed E-state index contributed by atoms with van der Waals surface area (Å²) in [5.74, 6) is -0.941. The van der Waals surface area contributed by atoms with E-state index in [1.54, 1.807) is 55.5 Å². The first kappa shape index (κ1) is 31.7. The van der Waals surface area contributed by atoms with Gasteiger partial charge in [-0.15, -0.1) is 0 Å². The number of benzene rings is 3. The van der Waals surface area contributed by atoms with Gasteiger partial charge in [0.2, 0.25) is 11.8 Å². The number of carbonyl (C=O) groups is 2. The zero-order chi connectivity index (χ0) is 29.4. The Morgan fingerprint density at radius 3 is 2.00 bits per heavy atom. The van der Waals surface area contributed by atoms with Gasteiger partial charge in [0.25, 0.3) is 10.0 Å². The molecule has 2 unspecified atom stereocenters. The molecule has 0 saturated heterocycles. The average Bonchev–Trinajstić information content (AvgIpc) is 2.93. The molecule has 0 radical (unpaired) electrons. The lowest BCUT2D eigenvalue weighted by molar-refractivity contribution is -0.140. The van der Waals surface area contributed by atoms with Crippen LogP contribution >= 0.6 is 34.8 Å². The number of rotatable bonds is 12. The minimum atomic E-state index is -4.19. The van der Waals surface area contributed by atoms with Crippen LogP contribution < -0.4 is 9.62 Å². The Morgan fingerprint density at radius 2 is 1.45 bits per heavy atom. The van der Waals surface area contributed by atoms with Crippen molar-refractivity contribution >= 4 is 62.3 Å². The third-order valence-electron chi connectivity index (χ3n) is 6.50. The summed E-state index contributed by atoms with van der Waals surface area (Å²) in [6.45, 7) is 4.95. The van der Waals surface area contributed by atoms with E-state index in [2.05, 4.69) is 5.32 Å².